The predicted molar refractivity (Wildman–Crippen MR) is 99.2 cm³/mol. The van der Waals surface area contributed by atoms with Crippen molar-refractivity contribution in [1.82, 2.24) is 15.1 Å². The molecule has 1 N–H and O–H groups in total. The van der Waals surface area contributed by atoms with E-state index in [1.165, 1.54) is 12.8 Å². The fourth-order valence-corrected chi connectivity index (χ4v) is 4.64. The molecule has 0 aromatic rings. The van der Waals surface area contributed by atoms with E-state index in [1.54, 1.807) is 0 Å². The minimum Gasteiger partial charge on any atom is -0.342 e. The maximum absolute atomic E-state index is 12.7. The summed E-state index contributed by atoms with van der Waals surface area (Å²) in [7, 11) is 0. The molecular weight excluding hydrogens is 328 g/mol. The van der Waals surface area contributed by atoms with Gasteiger partial charge in [0, 0.05) is 19.0 Å². The Morgan fingerprint density at radius 2 is 1.58 bits per heavy atom. The zero-order chi connectivity index (χ0) is 18.4. The summed E-state index contributed by atoms with van der Waals surface area (Å²) in [5, 5.41) is 12.4. The molecule has 6 heteroatoms. The Kier molecular flexibility index (Phi) is 6.53. The molecule has 0 spiro atoms. The van der Waals surface area contributed by atoms with Crippen LogP contribution >= 0.6 is 0 Å². The second-order valence-corrected chi connectivity index (χ2v) is 8.24. The number of hydrogen-bond donors (Lipinski definition) is 1. The molecular formula is C20H32N4O2. The topological polar surface area (TPSA) is 76.4 Å². The number of likely N-dealkylation sites (tertiary alicyclic amines) is 2. The normalized spacial score (nSPS) is 24.7. The van der Waals surface area contributed by atoms with Crippen molar-refractivity contribution in [2.24, 2.45) is 5.92 Å². The summed E-state index contributed by atoms with van der Waals surface area (Å²) in [5.41, 5.74) is -0.641. The highest BCUT2D eigenvalue weighted by molar-refractivity contribution is 5.80. The number of hydrogen-bond acceptors (Lipinski definition) is 4. The first kappa shape index (κ1) is 19.2. The van der Waals surface area contributed by atoms with Crippen molar-refractivity contribution in [3.63, 3.8) is 0 Å². The standard InChI is InChI=1S/C20H32N4O2/c21-16-20(9-3-4-10-20)22-18(25)15-23-13-7-17(8-14-23)19(26)24-11-5-1-2-6-12-24/h17H,1-15H2,(H,22,25). The molecule has 2 saturated heterocycles. The van der Waals surface area contributed by atoms with Gasteiger partial charge >= 0.3 is 0 Å². The molecule has 0 radical (unpaired) electrons. The van der Waals surface area contributed by atoms with Crippen LogP contribution in [-0.2, 0) is 9.59 Å². The lowest BCUT2D eigenvalue weighted by atomic mass is 9.95. The van der Waals surface area contributed by atoms with Gasteiger partial charge in [-0.1, -0.05) is 12.8 Å². The van der Waals surface area contributed by atoms with E-state index in [2.05, 4.69) is 21.2 Å². The first-order valence-electron chi connectivity index (χ1n) is 10.4. The summed E-state index contributed by atoms with van der Waals surface area (Å²) in [5.74, 6) is 0.392. The van der Waals surface area contributed by atoms with E-state index < -0.39 is 5.54 Å². The maximum atomic E-state index is 12.7. The van der Waals surface area contributed by atoms with Crippen LogP contribution in [0.2, 0.25) is 0 Å². The van der Waals surface area contributed by atoms with Gasteiger partial charge < -0.3 is 10.2 Å². The molecule has 0 aromatic heterocycles. The van der Waals surface area contributed by atoms with E-state index in [0.717, 1.165) is 77.5 Å². The average Bonchev–Trinajstić information content (AvgIpc) is 2.94. The summed E-state index contributed by atoms with van der Waals surface area (Å²) in [6, 6.07) is 2.31. The van der Waals surface area contributed by atoms with Crippen LogP contribution in [0.15, 0.2) is 0 Å². The van der Waals surface area contributed by atoms with Crippen LogP contribution < -0.4 is 5.32 Å². The van der Waals surface area contributed by atoms with E-state index in [0.29, 0.717) is 12.5 Å². The summed E-state index contributed by atoms with van der Waals surface area (Å²) in [6.45, 7) is 3.75. The number of rotatable bonds is 4. The number of piperidine rings is 1. The largest absolute Gasteiger partial charge is 0.342 e. The fraction of sp³-hybridized carbons (Fsp3) is 0.850. The van der Waals surface area contributed by atoms with Crippen molar-refractivity contribution in [1.29, 1.82) is 5.26 Å². The van der Waals surface area contributed by atoms with E-state index in [9.17, 15) is 14.9 Å². The molecule has 0 aromatic carbocycles. The van der Waals surface area contributed by atoms with Gasteiger partial charge in [-0.3, -0.25) is 14.5 Å². The minimum absolute atomic E-state index is 0.0502. The van der Waals surface area contributed by atoms with Crippen LogP contribution in [0.1, 0.15) is 64.2 Å². The summed E-state index contributed by atoms with van der Waals surface area (Å²) < 4.78 is 0. The molecule has 2 amide bonds. The van der Waals surface area contributed by atoms with Gasteiger partial charge in [0.15, 0.2) is 0 Å². The average molecular weight is 361 g/mol. The summed E-state index contributed by atoms with van der Waals surface area (Å²) in [6.07, 6.45) is 9.97. The van der Waals surface area contributed by atoms with Gasteiger partial charge in [0.25, 0.3) is 0 Å². The number of carbonyl (C=O) groups excluding carboxylic acids is 2. The van der Waals surface area contributed by atoms with Crippen molar-refractivity contribution >= 4 is 11.8 Å². The monoisotopic (exact) mass is 360 g/mol. The van der Waals surface area contributed by atoms with Crippen LogP contribution in [0, 0.1) is 17.2 Å². The Hall–Kier alpha value is -1.61. The third-order valence-electron chi connectivity index (χ3n) is 6.27. The minimum atomic E-state index is -0.641. The van der Waals surface area contributed by atoms with Gasteiger partial charge in [-0.25, -0.2) is 0 Å². The fourth-order valence-electron chi connectivity index (χ4n) is 4.64. The van der Waals surface area contributed by atoms with Crippen LogP contribution in [0.25, 0.3) is 0 Å². The number of nitriles is 1. The van der Waals surface area contributed by atoms with Crippen molar-refractivity contribution in [2.75, 3.05) is 32.7 Å². The Morgan fingerprint density at radius 1 is 0.962 bits per heavy atom. The molecule has 0 bridgehead atoms. The zero-order valence-corrected chi connectivity index (χ0v) is 15.8. The van der Waals surface area contributed by atoms with E-state index in [1.807, 2.05) is 0 Å². The maximum Gasteiger partial charge on any atom is 0.235 e. The quantitative estimate of drug-likeness (QED) is 0.832. The van der Waals surface area contributed by atoms with E-state index >= 15 is 0 Å². The number of nitrogens with zero attached hydrogens (tertiary/aromatic N) is 3. The smallest absolute Gasteiger partial charge is 0.235 e. The van der Waals surface area contributed by atoms with Gasteiger partial charge in [0.1, 0.15) is 5.54 Å². The molecule has 26 heavy (non-hydrogen) atoms. The van der Waals surface area contributed by atoms with Crippen LogP contribution in [-0.4, -0.2) is 59.9 Å². The first-order valence-corrected chi connectivity index (χ1v) is 10.4. The van der Waals surface area contributed by atoms with Gasteiger partial charge in [0.2, 0.25) is 11.8 Å². The zero-order valence-electron chi connectivity index (χ0n) is 15.8. The molecule has 2 heterocycles. The highest BCUT2D eigenvalue weighted by Crippen LogP contribution is 2.29. The van der Waals surface area contributed by atoms with Gasteiger partial charge in [-0.05, 0) is 64.5 Å². The first-order chi connectivity index (χ1) is 12.6. The molecule has 3 aliphatic rings. The molecule has 1 saturated carbocycles. The lowest BCUT2D eigenvalue weighted by molar-refractivity contribution is -0.137. The summed E-state index contributed by atoms with van der Waals surface area (Å²) in [4.78, 5) is 29.3. The highest BCUT2D eigenvalue weighted by atomic mass is 16.2. The van der Waals surface area contributed by atoms with Crippen molar-refractivity contribution in [3.8, 4) is 6.07 Å². The predicted octanol–water partition coefficient (Wildman–Crippen LogP) is 2.05. The van der Waals surface area contributed by atoms with Gasteiger partial charge in [-0.15, -0.1) is 0 Å². The molecule has 2 aliphatic heterocycles. The Labute approximate surface area is 156 Å². The van der Waals surface area contributed by atoms with Crippen LogP contribution in [0.4, 0.5) is 0 Å². The van der Waals surface area contributed by atoms with Gasteiger partial charge in [0.05, 0.1) is 12.6 Å². The SMILES string of the molecule is N#CC1(NC(=O)CN2CCC(C(=O)N3CCCCCC3)CC2)CCCC1. The van der Waals surface area contributed by atoms with E-state index in [4.69, 9.17) is 0 Å². The third kappa shape index (κ3) is 4.76. The van der Waals surface area contributed by atoms with Crippen molar-refractivity contribution in [3.05, 3.63) is 0 Å². The molecule has 3 rings (SSSR count). The molecule has 144 valence electrons. The third-order valence-corrected chi connectivity index (χ3v) is 6.27. The Balaban J connectivity index is 1.42. The lowest BCUT2D eigenvalue weighted by Gasteiger charge is -2.34. The van der Waals surface area contributed by atoms with Crippen molar-refractivity contribution in [2.45, 2.75) is 69.7 Å². The van der Waals surface area contributed by atoms with Crippen molar-refractivity contribution < 1.29 is 9.59 Å². The highest BCUT2D eigenvalue weighted by Gasteiger charge is 2.36. The molecule has 0 unspecified atom stereocenters. The number of carbonyl (C=O) groups is 2. The van der Waals surface area contributed by atoms with Crippen LogP contribution in [0.5, 0.6) is 0 Å². The Morgan fingerprint density at radius 3 is 2.15 bits per heavy atom. The molecule has 3 fully saturated rings. The summed E-state index contributed by atoms with van der Waals surface area (Å²) >= 11 is 0. The number of amides is 2. The molecule has 0 atom stereocenters. The molecule has 6 nitrogen and oxygen atoms in total. The second-order valence-electron chi connectivity index (χ2n) is 8.24. The Bertz CT molecular complexity index is 535. The second kappa shape index (κ2) is 8.85. The molecule has 1 aliphatic carbocycles. The van der Waals surface area contributed by atoms with E-state index in [-0.39, 0.29) is 11.8 Å². The lowest BCUT2D eigenvalue weighted by Crippen LogP contribution is -2.50. The van der Waals surface area contributed by atoms with Crippen LogP contribution in [0.3, 0.4) is 0 Å². The van der Waals surface area contributed by atoms with Gasteiger partial charge in [-0.2, -0.15) is 5.26 Å². The number of nitrogens with one attached hydrogen (secondary N) is 1.